The van der Waals surface area contributed by atoms with Crippen molar-refractivity contribution in [3.05, 3.63) is 99.0 Å². The van der Waals surface area contributed by atoms with Gasteiger partial charge in [0.25, 0.3) is 5.91 Å². The summed E-state index contributed by atoms with van der Waals surface area (Å²) in [5.41, 5.74) is 4.99. The topological polar surface area (TPSA) is 94.3 Å². The lowest BCUT2D eigenvalue weighted by Crippen LogP contribution is -2.48. The quantitative estimate of drug-likeness (QED) is 0.180. The van der Waals surface area contributed by atoms with E-state index < -0.39 is 5.82 Å². The van der Waals surface area contributed by atoms with Gasteiger partial charge in [0.1, 0.15) is 5.52 Å². The Morgan fingerprint density at radius 2 is 1.83 bits per heavy atom. The van der Waals surface area contributed by atoms with Crippen LogP contribution >= 0.6 is 23.2 Å². The van der Waals surface area contributed by atoms with Gasteiger partial charge in [0.05, 0.1) is 39.8 Å². The van der Waals surface area contributed by atoms with Crippen molar-refractivity contribution < 1.29 is 14.0 Å². The predicted molar refractivity (Wildman–Crippen MR) is 207 cm³/mol. The lowest BCUT2D eigenvalue weighted by molar-refractivity contribution is -0.139. The molecule has 0 radical (unpaired) electrons. The molecule has 2 aromatic heterocycles. The van der Waals surface area contributed by atoms with Crippen molar-refractivity contribution in [2.24, 2.45) is 11.8 Å². The summed E-state index contributed by atoms with van der Waals surface area (Å²) in [6.45, 7) is 3.34. The molecule has 3 aromatic carbocycles. The summed E-state index contributed by atoms with van der Waals surface area (Å²) >= 11 is 13.2. The number of nitriles is 1. The maximum atomic E-state index is 17.3. The van der Waals surface area contributed by atoms with Gasteiger partial charge >= 0.3 is 0 Å². The second-order valence-corrected chi connectivity index (χ2v) is 16.7. The fraction of sp³-hybridized carbons (Fsp3) is 0.395. The Kier molecular flexibility index (Phi) is 8.06. The van der Waals surface area contributed by atoms with Gasteiger partial charge in [0, 0.05) is 76.4 Å². The van der Waals surface area contributed by atoms with E-state index in [1.54, 1.807) is 18.2 Å². The maximum Gasteiger partial charge on any atom is 0.254 e. The number of pyridine rings is 1. The minimum absolute atomic E-state index is 0.00590. The van der Waals surface area contributed by atoms with Crippen LogP contribution in [0.3, 0.4) is 0 Å². The van der Waals surface area contributed by atoms with Gasteiger partial charge in [-0.3, -0.25) is 9.59 Å². The third-order valence-electron chi connectivity index (χ3n) is 12.9. The Bertz CT molecular complexity index is 2430. The third-order valence-corrected chi connectivity index (χ3v) is 13.7. The maximum absolute atomic E-state index is 17.3. The molecule has 8 nitrogen and oxygen atoms in total. The van der Waals surface area contributed by atoms with Crippen LogP contribution in [0.25, 0.3) is 32.9 Å². The molecule has 4 saturated heterocycles. The normalized spacial score (nSPS) is 25.7. The molecule has 6 fully saturated rings. The van der Waals surface area contributed by atoms with Crippen LogP contribution < -0.4 is 5.32 Å². The largest absolute Gasteiger partial charge is 0.337 e. The van der Waals surface area contributed by atoms with E-state index in [4.69, 9.17) is 28.2 Å². The monoisotopic (exact) mass is 760 g/mol. The fourth-order valence-electron chi connectivity index (χ4n) is 10.2. The lowest BCUT2D eigenvalue weighted by atomic mass is 9.79. The lowest BCUT2D eigenvalue weighted by Gasteiger charge is -2.44. The molecule has 11 heteroatoms. The van der Waals surface area contributed by atoms with E-state index in [1.165, 1.54) is 0 Å². The number of hydrogen-bond donors (Lipinski definition) is 1. The van der Waals surface area contributed by atoms with Gasteiger partial charge in [-0.2, -0.15) is 5.26 Å². The first-order valence-electron chi connectivity index (χ1n) is 19.1. The molecule has 2 aliphatic carbocycles. The molecular weight excluding hydrogens is 722 g/mol. The smallest absolute Gasteiger partial charge is 0.254 e. The average Bonchev–Trinajstić information content (AvgIpc) is 3.43. The van der Waals surface area contributed by atoms with Crippen LogP contribution in [-0.2, 0) is 11.2 Å². The van der Waals surface area contributed by atoms with Crippen LogP contribution in [0.1, 0.15) is 77.9 Å². The molecule has 1 N–H and O–H groups in total. The molecule has 54 heavy (non-hydrogen) atoms. The molecule has 274 valence electrons. The van der Waals surface area contributed by atoms with Crippen molar-refractivity contribution in [3.63, 3.8) is 0 Å². The van der Waals surface area contributed by atoms with Gasteiger partial charge in [-0.1, -0.05) is 53.5 Å². The number of hydrogen-bond acceptors (Lipinski definition) is 5. The summed E-state index contributed by atoms with van der Waals surface area (Å²) in [4.78, 5) is 37.4. The molecular formula is C43H39Cl2FN6O2. The molecule has 11 rings (SSSR count). The summed E-state index contributed by atoms with van der Waals surface area (Å²) in [6, 6.07) is 21.1. The highest BCUT2D eigenvalue weighted by atomic mass is 35.5. The first-order valence-corrected chi connectivity index (χ1v) is 19.9. The van der Waals surface area contributed by atoms with Crippen molar-refractivity contribution in [2.45, 2.75) is 82.1 Å². The highest BCUT2D eigenvalue weighted by Gasteiger charge is 2.54. The third kappa shape index (κ3) is 5.13. The highest BCUT2D eigenvalue weighted by molar-refractivity contribution is 6.43. The zero-order valence-electron chi connectivity index (χ0n) is 29.9. The Morgan fingerprint density at radius 1 is 1.02 bits per heavy atom. The van der Waals surface area contributed by atoms with Crippen molar-refractivity contribution in [3.8, 4) is 17.2 Å². The SMILES string of the molecule is Cc1nc2c(F)c(-c3cccc(Cl)c3Cl)c(CCC#N)cc2c2c1cc([C@H]1C[C@H]3C[C@H](CN3C(=O)c3ccccc3)N1C(=O)C1CC1)n2[C@H]1[C@H]2CN[C@@H]1C2. The molecule has 0 spiro atoms. The first-order chi connectivity index (χ1) is 26.2. The Morgan fingerprint density at radius 3 is 2.56 bits per heavy atom. The standard InChI is InChI=1S/C43H39Cl2FN6O2/c1-22-30-19-35(34-18-27-17-28(51(34)43(54)24-12-13-24)21-50(27)42(53)23-7-3-2-4-8-23)52(40-26-16-33(40)48-20-26)41(30)31-15-25(9-6-14-47)36(38(46)39(31)49-22)29-10-5-11-32(44)37(29)45/h2-5,7-8,10-11,15,19,24,26-28,33-34,40,48H,6,9,12-13,16-18,20-21H2,1H3/t26-,27-,28-,33-,34-,40+/m1/s1. The molecule has 5 aromatic rings. The molecule has 2 saturated carbocycles. The van der Waals surface area contributed by atoms with E-state index in [2.05, 4.69) is 26.9 Å². The second-order valence-electron chi connectivity index (χ2n) is 15.9. The van der Waals surface area contributed by atoms with Crippen molar-refractivity contribution >= 4 is 56.8 Å². The first kappa shape index (κ1) is 34.0. The van der Waals surface area contributed by atoms with E-state index in [1.807, 2.05) is 48.2 Å². The molecule has 4 bridgehead atoms. The molecule has 6 aliphatic rings. The van der Waals surface area contributed by atoms with Gasteiger partial charge in [-0.05, 0) is 87.3 Å². The molecule has 6 atom stereocenters. The van der Waals surface area contributed by atoms with Crippen LogP contribution in [0.4, 0.5) is 4.39 Å². The minimum atomic E-state index is -0.491. The van der Waals surface area contributed by atoms with Crippen LogP contribution in [0.2, 0.25) is 10.0 Å². The van der Waals surface area contributed by atoms with Crippen LogP contribution in [0.15, 0.2) is 60.7 Å². The molecule has 4 aliphatic heterocycles. The zero-order valence-corrected chi connectivity index (χ0v) is 31.4. The number of piperidine rings is 1. The highest BCUT2D eigenvalue weighted by Crippen LogP contribution is 2.52. The summed E-state index contributed by atoms with van der Waals surface area (Å²) < 4.78 is 19.7. The Hall–Kier alpha value is -4.49. The van der Waals surface area contributed by atoms with Gasteiger partial charge in [-0.25, -0.2) is 9.37 Å². The van der Waals surface area contributed by atoms with Gasteiger partial charge in [0.15, 0.2) is 5.82 Å². The van der Waals surface area contributed by atoms with E-state index >= 15 is 4.39 Å². The number of fused-ring (bicyclic) bond motifs is 6. The van der Waals surface area contributed by atoms with Crippen LogP contribution in [0.5, 0.6) is 0 Å². The number of likely N-dealkylation sites (tertiary alicyclic amines) is 2. The minimum Gasteiger partial charge on any atom is -0.337 e. The number of aromatic nitrogens is 2. The van der Waals surface area contributed by atoms with Crippen molar-refractivity contribution in [1.29, 1.82) is 5.26 Å². The summed E-state index contributed by atoms with van der Waals surface area (Å²) in [7, 11) is 0. The fourth-order valence-corrected chi connectivity index (χ4v) is 10.6. The number of amides is 2. The summed E-state index contributed by atoms with van der Waals surface area (Å²) in [5.74, 6) is 0.0993. The number of benzene rings is 3. The van der Waals surface area contributed by atoms with E-state index in [9.17, 15) is 14.9 Å². The summed E-state index contributed by atoms with van der Waals surface area (Å²) in [6.07, 6.45) is 4.75. The van der Waals surface area contributed by atoms with Crippen LogP contribution in [-0.4, -0.2) is 62.4 Å². The summed E-state index contributed by atoms with van der Waals surface area (Å²) in [5, 5.41) is 15.5. The number of carbonyl (C=O) groups excluding carboxylic acids is 2. The van der Waals surface area contributed by atoms with Crippen molar-refractivity contribution in [2.75, 3.05) is 13.1 Å². The van der Waals surface area contributed by atoms with Crippen molar-refractivity contribution in [1.82, 2.24) is 24.7 Å². The molecule has 6 heterocycles. The van der Waals surface area contributed by atoms with E-state index in [-0.39, 0.29) is 64.9 Å². The number of carbonyl (C=O) groups is 2. The molecule has 0 unspecified atom stereocenters. The number of nitrogens with one attached hydrogen (secondary N) is 1. The zero-order chi connectivity index (χ0) is 37.0. The Balaban J connectivity index is 1.19. The van der Waals surface area contributed by atoms with Crippen LogP contribution in [0, 0.1) is 35.9 Å². The van der Waals surface area contributed by atoms with Gasteiger partial charge in [0.2, 0.25) is 5.91 Å². The number of aryl methyl sites for hydroxylation is 2. The Labute approximate surface area is 322 Å². The predicted octanol–water partition coefficient (Wildman–Crippen LogP) is 8.57. The molecule has 2 amide bonds. The number of halogens is 3. The number of rotatable bonds is 7. The number of nitrogens with zero attached hydrogens (tertiary/aromatic N) is 5. The average molecular weight is 762 g/mol. The van der Waals surface area contributed by atoms with Gasteiger partial charge < -0.3 is 19.7 Å². The second kappa shape index (κ2) is 12.8. The van der Waals surface area contributed by atoms with Gasteiger partial charge in [-0.15, -0.1) is 0 Å². The van der Waals surface area contributed by atoms with E-state index in [0.29, 0.717) is 63.7 Å². The van der Waals surface area contributed by atoms with E-state index in [0.717, 1.165) is 48.8 Å².